The highest BCUT2D eigenvalue weighted by atomic mass is 15.2. The molecule has 0 unspecified atom stereocenters. The first-order valence-electron chi connectivity index (χ1n) is 6.37. The Morgan fingerprint density at radius 2 is 2.00 bits per heavy atom. The maximum Gasteiger partial charge on any atom is 0.0553 e. The van der Waals surface area contributed by atoms with Gasteiger partial charge in [0.2, 0.25) is 0 Å². The number of fused-ring (bicyclic) bond motifs is 1. The van der Waals surface area contributed by atoms with Gasteiger partial charge in [-0.3, -0.25) is 0 Å². The Hall–Kier alpha value is -1.44. The van der Waals surface area contributed by atoms with E-state index < -0.39 is 0 Å². The molecule has 0 radical (unpaired) electrons. The van der Waals surface area contributed by atoms with Crippen LogP contribution in [0.25, 0.3) is 5.70 Å². The molecule has 2 rings (SSSR count). The van der Waals surface area contributed by atoms with Crippen molar-refractivity contribution in [1.29, 1.82) is 0 Å². The summed E-state index contributed by atoms with van der Waals surface area (Å²) < 4.78 is 0. The van der Waals surface area contributed by atoms with Crippen molar-refractivity contribution < 1.29 is 0 Å². The minimum Gasteiger partial charge on any atom is -0.397 e. The van der Waals surface area contributed by atoms with Crippen molar-refractivity contribution in [2.75, 3.05) is 0 Å². The minimum absolute atomic E-state index is 0.174. The van der Waals surface area contributed by atoms with E-state index in [0.717, 1.165) is 12.2 Å². The van der Waals surface area contributed by atoms with E-state index in [1.165, 1.54) is 24.0 Å². The molecule has 1 aliphatic rings. The van der Waals surface area contributed by atoms with E-state index in [1.807, 2.05) is 6.07 Å². The molecule has 0 bridgehead atoms. The van der Waals surface area contributed by atoms with Gasteiger partial charge in [0.05, 0.1) is 5.70 Å². The van der Waals surface area contributed by atoms with Gasteiger partial charge in [-0.2, -0.15) is 0 Å². The highest BCUT2D eigenvalue weighted by Crippen LogP contribution is 2.30. The van der Waals surface area contributed by atoms with E-state index in [4.69, 9.17) is 5.73 Å². The molecule has 0 atom stereocenters. The van der Waals surface area contributed by atoms with E-state index in [0.29, 0.717) is 0 Å². The zero-order valence-electron chi connectivity index (χ0n) is 11.0. The number of nitrogens with two attached hydrogens (primary N) is 1. The highest BCUT2D eigenvalue weighted by Gasteiger charge is 2.27. The molecule has 0 fully saturated rings. The molecule has 1 aromatic rings. The fourth-order valence-corrected chi connectivity index (χ4v) is 2.55. The molecule has 2 heteroatoms. The lowest BCUT2D eigenvalue weighted by Gasteiger charge is -2.41. The maximum atomic E-state index is 6.15. The zero-order valence-corrected chi connectivity index (χ0v) is 11.0. The molecule has 92 valence electrons. The zero-order chi connectivity index (χ0) is 12.5. The molecule has 2 nitrogen and oxygen atoms in total. The third-order valence-electron chi connectivity index (χ3n) is 3.60. The molecule has 0 aromatic heterocycles. The van der Waals surface area contributed by atoms with Crippen LogP contribution in [0, 0.1) is 0 Å². The van der Waals surface area contributed by atoms with Crippen molar-refractivity contribution in [2.45, 2.75) is 45.7 Å². The number of benzene rings is 1. The molecule has 17 heavy (non-hydrogen) atoms. The smallest absolute Gasteiger partial charge is 0.0553 e. The van der Waals surface area contributed by atoms with Crippen LogP contribution in [0.2, 0.25) is 0 Å². The number of hydrogen-bond acceptors (Lipinski definition) is 2. The van der Waals surface area contributed by atoms with Gasteiger partial charge in [-0.25, -0.2) is 0 Å². The second-order valence-corrected chi connectivity index (χ2v) is 5.43. The average molecular weight is 230 g/mol. The fourth-order valence-electron chi connectivity index (χ4n) is 2.55. The summed E-state index contributed by atoms with van der Waals surface area (Å²) in [6, 6.07) is 8.41. The molecule has 0 aliphatic carbocycles. The normalized spacial score (nSPS) is 15.5. The molecule has 1 aromatic carbocycles. The van der Waals surface area contributed by atoms with Crippen LogP contribution in [0.5, 0.6) is 0 Å². The summed E-state index contributed by atoms with van der Waals surface area (Å²) in [4.78, 5) is 2.37. The van der Waals surface area contributed by atoms with Gasteiger partial charge in [-0.05, 0) is 25.8 Å². The quantitative estimate of drug-likeness (QED) is 0.863. The average Bonchev–Trinajstić information content (AvgIpc) is 2.29. The lowest BCUT2D eigenvalue weighted by molar-refractivity contribution is 0.161. The molecule has 1 aliphatic heterocycles. The first kappa shape index (κ1) is 12.0. The van der Waals surface area contributed by atoms with Crippen LogP contribution in [-0.2, 0) is 6.54 Å². The molecular formula is C15H22N2. The summed E-state index contributed by atoms with van der Waals surface area (Å²) in [6.45, 7) is 7.76. The number of rotatable bonds is 3. The topological polar surface area (TPSA) is 29.3 Å². The standard InChI is InChI=1S/C15H22N2/c1-4-9-15(2,3)17-10-12-7-5-6-8-13(12)14(16)11-17/h5-8,11H,4,9-10,16H2,1-3H3. The fraction of sp³-hybridized carbons (Fsp3) is 0.467. The summed E-state index contributed by atoms with van der Waals surface area (Å²) >= 11 is 0. The Kier molecular flexibility index (Phi) is 3.14. The summed E-state index contributed by atoms with van der Waals surface area (Å²) in [5.41, 5.74) is 9.73. The third kappa shape index (κ3) is 2.31. The Bertz CT molecular complexity index is 432. The van der Waals surface area contributed by atoms with Crippen LogP contribution in [-0.4, -0.2) is 10.4 Å². The Balaban J connectivity index is 2.30. The Morgan fingerprint density at radius 1 is 1.29 bits per heavy atom. The van der Waals surface area contributed by atoms with Gasteiger partial charge in [0.25, 0.3) is 0 Å². The lowest BCUT2D eigenvalue weighted by atomic mass is 9.92. The van der Waals surface area contributed by atoms with E-state index in [2.05, 4.69) is 50.1 Å². The van der Waals surface area contributed by atoms with Gasteiger partial charge in [0.1, 0.15) is 0 Å². The second-order valence-electron chi connectivity index (χ2n) is 5.43. The molecule has 0 saturated heterocycles. The van der Waals surface area contributed by atoms with E-state index >= 15 is 0 Å². The first-order valence-corrected chi connectivity index (χ1v) is 6.37. The van der Waals surface area contributed by atoms with Gasteiger partial charge in [-0.1, -0.05) is 37.6 Å². The molecule has 0 saturated carbocycles. The predicted molar refractivity (Wildman–Crippen MR) is 73.1 cm³/mol. The van der Waals surface area contributed by atoms with E-state index in [-0.39, 0.29) is 5.54 Å². The molecule has 0 spiro atoms. The van der Waals surface area contributed by atoms with Crippen LogP contribution in [0.1, 0.15) is 44.7 Å². The SMILES string of the molecule is CCCC(C)(C)N1C=C(N)c2ccccc2C1. The monoisotopic (exact) mass is 230 g/mol. The van der Waals surface area contributed by atoms with Crippen LogP contribution in [0.4, 0.5) is 0 Å². The van der Waals surface area contributed by atoms with Crippen LogP contribution in [0.3, 0.4) is 0 Å². The molecular weight excluding hydrogens is 208 g/mol. The molecule has 1 heterocycles. The summed E-state index contributed by atoms with van der Waals surface area (Å²) in [5, 5.41) is 0. The van der Waals surface area contributed by atoms with Crippen LogP contribution >= 0.6 is 0 Å². The Labute approximate surface area is 104 Å². The maximum absolute atomic E-state index is 6.15. The van der Waals surface area contributed by atoms with Crippen molar-refractivity contribution in [2.24, 2.45) is 5.73 Å². The number of hydrogen-bond donors (Lipinski definition) is 1. The van der Waals surface area contributed by atoms with E-state index in [9.17, 15) is 0 Å². The van der Waals surface area contributed by atoms with Crippen molar-refractivity contribution in [3.8, 4) is 0 Å². The summed E-state index contributed by atoms with van der Waals surface area (Å²) in [5.74, 6) is 0. The first-order chi connectivity index (χ1) is 8.04. The largest absolute Gasteiger partial charge is 0.397 e. The predicted octanol–water partition coefficient (Wildman–Crippen LogP) is 3.34. The summed E-state index contributed by atoms with van der Waals surface area (Å²) in [6.07, 6.45) is 4.48. The van der Waals surface area contributed by atoms with Gasteiger partial charge in [0, 0.05) is 23.8 Å². The van der Waals surface area contributed by atoms with Gasteiger partial charge in [0.15, 0.2) is 0 Å². The van der Waals surface area contributed by atoms with Gasteiger partial charge < -0.3 is 10.6 Å². The van der Waals surface area contributed by atoms with Crippen molar-refractivity contribution in [3.05, 3.63) is 41.6 Å². The van der Waals surface area contributed by atoms with Crippen molar-refractivity contribution >= 4 is 5.70 Å². The highest BCUT2D eigenvalue weighted by molar-refractivity contribution is 5.67. The molecule has 0 amide bonds. The minimum atomic E-state index is 0.174. The van der Waals surface area contributed by atoms with Gasteiger partial charge >= 0.3 is 0 Å². The number of nitrogens with zero attached hydrogens (tertiary/aromatic N) is 1. The third-order valence-corrected chi connectivity index (χ3v) is 3.60. The second kappa shape index (κ2) is 4.44. The van der Waals surface area contributed by atoms with Crippen LogP contribution in [0.15, 0.2) is 30.5 Å². The lowest BCUT2D eigenvalue weighted by Crippen LogP contribution is -2.41. The molecule has 2 N–H and O–H groups in total. The van der Waals surface area contributed by atoms with Gasteiger partial charge in [-0.15, -0.1) is 0 Å². The van der Waals surface area contributed by atoms with Crippen LogP contribution < -0.4 is 5.73 Å². The summed E-state index contributed by atoms with van der Waals surface area (Å²) in [7, 11) is 0. The van der Waals surface area contributed by atoms with Crippen molar-refractivity contribution in [1.82, 2.24) is 4.90 Å². The Morgan fingerprint density at radius 3 is 2.71 bits per heavy atom. The van der Waals surface area contributed by atoms with Crippen molar-refractivity contribution in [3.63, 3.8) is 0 Å². The van der Waals surface area contributed by atoms with E-state index in [1.54, 1.807) is 0 Å².